The highest BCUT2D eigenvalue weighted by Gasteiger charge is 2.17. The first-order valence-corrected chi connectivity index (χ1v) is 7.87. The third-order valence-electron chi connectivity index (χ3n) is 3.32. The number of benzene rings is 1. The van der Waals surface area contributed by atoms with Crippen LogP contribution in [0.15, 0.2) is 24.3 Å². The number of rotatable bonds is 9. The second-order valence-corrected chi connectivity index (χ2v) is 5.57. The highest BCUT2D eigenvalue weighted by atomic mass is 16.2. The molecule has 0 bridgehead atoms. The molecule has 1 N–H and O–H groups in total. The second-order valence-electron chi connectivity index (χ2n) is 5.57. The second kappa shape index (κ2) is 9.40. The van der Waals surface area contributed by atoms with Gasteiger partial charge in [-0.3, -0.25) is 4.79 Å². The molecule has 1 aromatic carbocycles. The Balaban J connectivity index is 2.86. The zero-order chi connectivity index (χ0) is 15.7. The van der Waals surface area contributed by atoms with Crippen LogP contribution in [0.1, 0.15) is 37.0 Å². The Hall–Kier alpha value is -1.55. The van der Waals surface area contributed by atoms with Crippen LogP contribution in [-0.4, -0.2) is 56.0 Å². The first kappa shape index (κ1) is 17.5. The molecule has 0 aromatic heterocycles. The van der Waals surface area contributed by atoms with Gasteiger partial charge in [0.15, 0.2) is 0 Å². The SMILES string of the molecule is CCCNc1ccccc1C(=O)N(CCC)CCN(C)C. The molecular formula is C17H29N3O. The van der Waals surface area contributed by atoms with Crippen LogP contribution in [0.5, 0.6) is 0 Å². The van der Waals surface area contributed by atoms with Crippen molar-refractivity contribution < 1.29 is 4.79 Å². The Morgan fingerprint density at radius 1 is 1.05 bits per heavy atom. The predicted molar refractivity (Wildman–Crippen MR) is 90.0 cm³/mol. The van der Waals surface area contributed by atoms with Crippen molar-refractivity contribution in [3.05, 3.63) is 29.8 Å². The van der Waals surface area contributed by atoms with Gasteiger partial charge in [-0.15, -0.1) is 0 Å². The molecule has 0 radical (unpaired) electrons. The summed E-state index contributed by atoms with van der Waals surface area (Å²) in [6.07, 6.45) is 2.02. The van der Waals surface area contributed by atoms with E-state index in [2.05, 4.69) is 24.1 Å². The molecular weight excluding hydrogens is 262 g/mol. The van der Waals surface area contributed by atoms with Crippen LogP contribution in [0.3, 0.4) is 0 Å². The van der Waals surface area contributed by atoms with Crippen molar-refractivity contribution in [2.45, 2.75) is 26.7 Å². The van der Waals surface area contributed by atoms with E-state index in [-0.39, 0.29) is 5.91 Å². The molecule has 0 heterocycles. The maximum atomic E-state index is 12.8. The molecule has 4 nitrogen and oxygen atoms in total. The normalized spacial score (nSPS) is 10.7. The fraction of sp³-hybridized carbons (Fsp3) is 0.588. The number of hydrogen-bond acceptors (Lipinski definition) is 3. The smallest absolute Gasteiger partial charge is 0.255 e. The number of likely N-dealkylation sites (N-methyl/N-ethyl adjacent to an activating group) is 1. The van der Waals surface area contributed by atoms with E-state index >= 15 is 0 Å². The molecule has 0 aliphatic rings. The quantitative estimate of drug-likeness (QED) is 0.760. The summed E-state index contributed by atoms with van der Waals surface area (Å²) in [5.74, 6) is 0.123. The summed E-state index contributed by atoms with van der Waals surface area (Å²) in [5, 5.41) is 3.35. The Bertz CT molecular complexity index is 432. The molecule has 1 amide bonds. The van der Waals surface area contributed by atoms with Gasteiger partial charge in [0.2, 0.25) is 0 Å². The van der Waals surface area contributed by atoms with Gasteiger partial charge in [0.05, 0.1) is 5.56 Å². The molecule has 0 saturated heterocycles. The Kier molecular flexibility index (Phi) is 7.83. The van der Waals surface area contributed by atoms with Gasteiger partial charge in [-0.2, -0.15) is 0 Å². The molecule has 118 valence electrons. The minimum absolute atomic E-state index is 0.123. The Morgan fingerprint density at radius 3 is 2.38 bits per heavy atom. The van der Waals surface area contributed by atoms with E-state index in [1.807, 2.05) is 43.3 Å². The van der Waals surface area contributed by atoms with E-state index in [0.717, 1.165) is 50.3 Å². The summed E-state index contributed by atoms with van der Waals surface area (Å²) in [6.45, 7) is 7.57. The number of carbonyl (C=O) groups is 1. The maximum Gasteiger partial charge on any atom is 0.255 e. The van der Waals surface area contributed by atoms with Crippen LogP contribution in [0, 0.1) is 0 Å². The van der Waals surface area contributed by atoms with Gasteiger partial charge in [0.1, 0.15) is 0 Å². The van der Waals surface area contributed by atoms with Gasteiger partial charge in [-0.1, -0.05) is 26.0 Å². The first-order chi connectivity index (χ1) is 10.1. The van der Waals surface area contributed by atoms with E-state index in [4.69, 9.17) is 0 Å². The van der Waals surface area contributed by atoms with Crippen LogP contribution >= 0.6 is 0 Å². The molecule has 4 heteroatoms. The monoisotopic (exact) mass is 291 g/mol. The van der Waals surface area contributed by atoms with Crippen molar-refractivity contribution in [2.24, 2.45) is 0 Å². The predicted octanol–water partition coefficient (Wildman–Crippen LogP) is 2.92. The third-order valence-corrected chi connectivity index (χ3v) is 3.32. The number of amides is 1. The average molecular weight is 291 g/mol. The minimum atomic E-state index is 0.123. The van der Waals surface area contributed by atoms with Crippen LogP contribution in [-0.2, 0) is 0 Å². The van der Waals surface area contributed by atoms with Gasteiger partial charge in [-0.25, -0.2) is 0 Å². The average Bonchev–Trinajstić information content (AvgIpc) is 2.48. The van der Waals surface area contributed by atoms with Crippen LogP contribution in [0.25, 0.3) is 0 Å². The number of para-hydroxylation sites is 1. The molecule has 1 rings (SSSR count). The van der Waals surface area contributed by atoms with Crippen molar-refractivity contribution >= 4 is 11.6 Å². The lowest BCUT2D eigenvalue weighted by molar-refractivity contribution is 0.0746. The van der Waals surface area contributed by atoms with E-state index in [1.54, 1.807) is 0 Å². The number of nitrogens with zero attached hydrogens (tertiary/aromatic N) is 2. The first-order valence-electron chi connectivity index (χ1n) is 7.87. The minimum Gasteiger partial charge on any atom is -0.384 e. The fourth-order valence-electron chi connectivity index (χ4n) is 2.16. The van der Waals surface area contributed by atoms with Crippen molar-refractivity contribution in [1.29, 1.82) is 0 Å². The zero-order valence-electron chi connectivity index (χ0n) is 13.9. The van der Waals surface area contributed by atoms with Crippen molar-refractivity contribution in [1.82, 2.24) is 9.80 Å². The molecule has 21 heavy (non-hydrogen) atoms. The number of carbonyl (C=O) groups excluding carboxylic acids is 1. The highest BCUT2D eigenvalue weighted by molar-refractivity contribution is 5.99. The molecule has 0 saturated carbocycles. The molecule has 0 aliphatic carbocycles. The third kappa shape index (κ3) is 5.76. The number of hydrogen-bond donors (Lipinski definition) is 1. The number of nitrogens with one attached hydrogen (secondary N) is 1. The lowest BCUT2D eigenvalue weighted by Crippen LogP contribution is -2.37. The topological polar surface area (TPSA) is 35.6 Å². The van der Waals surface area contributed by atoms with Gasteiger partial charge in [0, 0.05) is 31.9 Å². The Morgan fingerprint density at radius 2 is 1.76 bits per heavy atom. The summed E-state index contributed by atoms with van der Waals surface area (Å²) in [6, 6.07) is 7.80. The van der Waals surface area contributed by atoms with Crippen LogP contribution in [0.4, 0.5) is 5.69 Å². The summed E-state index contributed by atoms with van der Waals surface area (Å²) < 4.78 is 0. The maximum absolute atomic E-state index is 12.8. The zero-order valence-corrected chi connectivity index (χ0v) is 13.9. The van der Waals surface area contributed by atoms with Crippen molar-refractivity contribution in [2.75, 3.05) is 45.6 Å². The Labute approximate surface area is 129 Å². The van der Waals surface area contributed by atoms with Gasteiger partial charge < -0.3 is 15.1 Å². The lowest BCUT2D eigenvalue weighted by Gasteiger charge is -2.25. The summed E-state index contributed by atoms with van der Waals surface area (Å²) in [4.78, 5) is 16.9. The van der Waals surface area contributed by atoms with Crippen LogP contribution in [0.2, 0.25) is 0 Å². The molecule has 0 aliphatic heterocycles. The summed E-state index contributed by atoms with van der Waals surface area (Å²) in [5.41, 5.74) is 1.72. The highest BCUT2D eigenvalue weighted by Crippen LogP contribution is 2.17. The lowest BCUT2D eigenvalue weighted by atomic mass is 10.1. The van der Waals surface area contributed by atoms with E-state index in [0.29, 0.717) is 0 Å². The van der Waals surface area contributed by atoms with E-state index in [9.17, 15) is 4.79 Å². The van der Waals surface area contributed by atoms with Crippen LogP contribution < -0.4 is 5.32 Å². The van der Waals surface area contributed by atoms with Crippen molar-refractivity contribution in [3.8, 4) is 0 Å². The fourth-order valence-corrected chi connectivity index (χ4v) is 2.16. The molecule has 1 aromatic rings. The largest absolute Gasteiger partial charge is 0.384 e. The molecule has 0 unspecified atom stereocenters. The molecule has 0 atom stereocenters. The van der Waals surface area contributed by atoms with E-state index in [1.165, 1.54) is 0 Å². The van der Waals surface area contributed by atoms with Gasteiger partial charge >= 0.3 is 0 Å². The standard InChI is InChI=1S/C17H29N3O/c1-5-11-18-16-10-8-7-9-15(16)17(21)20(12-6-2)14-13-19(3)4/h7-10,18H,5-6,11-14H2,1-4H3. The van der Waals surface area contributed by atoms with Crippen molar-refractivity contribution in [3.63, 3.8) is 0 Å². The van der Waals surface area contributed by atoms with Gasteiger partial charge in [-0.05, 0) is 39.1 Å². The number of anilines is 1. The van der Waals surface area contributed by atoms with E-state index < -0.39 is 0 Å². The van der Waals surface area contributed by atoms with Gasteiger partial charge in [0.25, 0.3) is 5.91 Å². The summed E-state index contributed by atoms with van der Waals surface area (Å²) >= 11 is 0. The summed E-state index contributed by atoms with van der Waals surface area (Å²) in [7, 11) is 4.07. The molecule has 0 fully saturated rings. The molecule has 0 spiro atoms.